The van der Waals surface area contributed by atoms with Gasteiger partial charge >= 0.3 is 12.1 Å². The van der Waals surface area contributed by atoms with Crippen molar-refractivity contribution < 1.29 is 32.4 Å². The van der Waals surface area contributed by atoms with Crippen molar-refractivity contribution in [2.45, 2.75) is 62.9 Å². The molecule has 1 aliphatic heterocycles. The molecule has 0 saturated carbocycles. The van der Waals surface area contributed by atoms with Gasteiger partial charge in [-0.3, -0.25) is 15.4 Å². The zero-order chi connectivity index (χ0) is 32.6. The quantitative estimate of drug-likeness (QED) is 0.141. The van der Waals surface area contributed by atoms with E-state index in [-0.39, 0.29) is 23.6 Å². The minimum absolute atomic E-state index is 0.101. The summed E-state index contributed by atoms with van der Waals surface area (Å²) in [5.74, 6) is -0.936. The van der Waals surface area contributed by atoms with Gasteiger partial charge in [0.05, 0.1) is 15.3 Å². The van der Waals surface area contributed by atoms with Crippen LogP contribution in [0.1, 0.15) is 49.9 Å². The summed E-state index contributed by atoms with van der Waals surface area (Å²) in [5, 5.41) is 22.6. The molecule has 2 unspecified atom stereocenters. The predicted octanol–water partition coefficient (Wildman–Crippen LogP) is 5.96. The van der Waals surface area contributed by atoms with E-state index in [1.54, 1.807) is 57.2 Å². The molecule has 0 spiro atoms. The molecule has 3 aromatic carbocycles. The molecule has 45 heavy (non-hydrogen) atoms. The van der Waals surface area contributed by atoms with Crippen molar-refractivity contribution in [1.82, 2.24) is 9.29 Å². The summed E-state index contributed by atoms with van der Waals surface area (Å²) in [5.41, 5.74) is -0.745. The summed E-state index contributed by atoms with van der Waals surface area (Å²) in [6, 6.07) is 18.0. The Hall–Kier alpha value is -5.11. The van der Waals surface area contributed by atoms with Crippen LogP contribution in [0.15, 0.2) is 94.1 Å². The first-order valence-corrected chi connectivity index (χ1v) is 15.4. The highest BCUT2D eigenvalue weighted by molar-refractivity contribution is 7.90. The van der Waals surface area contributed by atoms with Crippen molar-refractivity contribution in [3.8, 4) is 0 Å². The Balaban J connectivity index is 1.47. The third kappa shape index (κ3) is 6.55. The number of esters is 1. The fourth-order valence-corrected chi connectivity index (χ4v) is 6.25. The van der Waals surface area contributed by atoms with E-state index in [1.807, 2.05) is 6.92 Å². The molecule has 234 valence electrons. The number of nitro groups is 1. The van der Waals surface area contributed by atoms with Gasteiger partial charge in [-0.1, -0.05) is 35.9 Å². The highest BCUT2D eigenvalue weighted by Gasteiger charge is 2.50. The predicted molar refractivity (Wildman–Crippen MR) is 163 cm³/mol. The van der Waals surface area contributed by atoms with E-state index >= 15 is 0 Å². The fourth-order valence-electron chi connectivity index (χ4n) is 4.87. The van der Waals surface area contributed by atoms with Gasteiger partial charge in [-0.25, -0.2) is 22.0 Å². The van der Waals surface area contributed by atoms with Crippen molar-refractivity contribution in [2.24, 2.45) is 10.2 Å². The number of carbonyl (C=O) groups excluding carboxylic acids is 2. The molecule has 0 aliphatic carbocycles. The summed E-state index contributed by atoms with van der Waals surface area (Å²) in [7, 11) is -4.00. The zero-order valence-corrected chi connectivity index (χ0v) is 25.8. The van der Waals surface area contributed by atoms with Crippen LogP contribution in [0.3, 0.4) is 0 Å². The van der Waals surface area contributed by atoms with Crippen LogP contribution in [0.5, 0.6) is 0 Å². The summed E-state index contributed by atoms with van der Waals surface area (Å²) >= 11 is 0. The molecule has 0 saturated heterocycles. The van der Waals surface area contributed by atoms with Crippen LogP contribution in [0.25, 0.3) is 10.9 Å². The van der Waals surface area contributed by atoms with E-state index in [9.17, 15) is 28.1 Å². The molecular weight excluding hydrogens is 602 g/mol. The first-order chi connectivity index (χ1) is 21.2. The second kappa shape index (κ2) is 11.8. The van der Waals surface area contributed by atoms with Crippen LogP contribution in [-0.2, 0) is 30.9 Å². The van der Waals surface area contributed by atoms with E-state index in [0.29, 0.717) is 22.0 Å². The van der Waals surface area contributed by atoms with E-state index in [2.05, 4.69) is 15.5 Å². The highest BCUT2D eigenvalue weighted by atomic mass is 32.2. The molecule has 1 aliphatic rings. The zero-order valence-electron chi connectivity index (χ0n) is 25.0. The summed E-state index contributed by atoms with van der Waals surface area (Å²) < 4.78 is 39.5. The van der Waals surface area contributed by atoms with Crippen LogP contribution < -0.4 is 5.32 Å². The molecule has 5 rings (SSSR count). The molecule has 0 bridgehead atoms. The molecule has 2 atom stereocenters. The topological polar surface area (TPSA) is 172 Å². The summed E-state index contributed by atoms with van der Waals surface area (Å²) in [4.78, 5) is 37.0. The Morgan fingerprint density at radius 2 is 1.73 bits per heavy atom. The SMILES string of the molecule is Cc1ccc(S(=O)(=O)n2cc(C3CC(NC(=O)OC(C)(C)C)(C(=O)OCc4ccc([N+](=O)[O-])cc4)N=N3)c3ccccc32)cc1. The van der Waals surface area contributed by atoms with Crippen LogP contribution in [-0.4, -0.2) is 40.6 Å². The first kappa shape index (κ1) is 31.3. The number of aryl methyl sites for hydroxylation is 1. The Morgan fingerprint density at radius 3 is 2.38 bits per heavy atom. The van der Waals surface area contributed by atoms with Crippen molar-refractivity contribution >= 4 is 38.7 Å². The number of alkyl carbamates (subject to hydrolysis) is 1. The number of rotatable bonds is 8. The molecule has 2 heterocycles. The van der Waals surface area contributed by atoms with Crippen LogP contribution in [0, 0.1) is 17.0 Å². The van der Waals surface area contributed by atoms with Gasteiger partial charge in [-0.05, 0) is 63.6 Å². The van der Waals surface area contributed by atoms with Gasteiger partial charge in [0.1, 0.15) is 18.2 Å². The number of ether oxygens (including phenoxy) is 2. The maximum absolute atomic E-state index is 13.7. The molecule has 14 heteroatoms. The van der Waals surface area contributed by atoms with Gasteiger partial charge < -0.3 is 9.47 Å². The number of para-hydroxylation sites is 1. The lowest BCUT2D eigenvalue weighted by molar-refractivity contribution is -0.384. The molecule has 1 amide bonds. The highest BCUT2D eigenvalue weighted by Crippen LogP contribution is 2.41. The lowest BCUT2D eigenvalue weighted by Crippen LogP contribution is -2.54. The molecule has 13 nitrogen and oxygen atoms in total. The lowest BCUT2D eigenvalue weighted by Gasteiger charge is -2.27. The maximum Gasteiger partial charge on any atom is 0.410 e. The maximum atomic E-state index is 13.7. The number of nitrogens with zero attached hydrogens (tertiary/aromatic N) is 4. The standard InChI is InChI=1S/C31H31N5O8S/c1-20-9-15-23(16-10-20)45(41,42)35-18-25(24-7-5-6-8-27(24)35)26-17-31(34-33-26,32-29(38)44-30(2,3)4)28(37)43-19-21-11-13-22(14-12-21)36(39)40/h5-16,18,26H,17,19H2,1-4H3,(H,32,38). The minimum atomic E-state index is -4.00. The number of carbonyl (C=O) groups is 2. The number of aromatic nitrogens is 1. The fraction of sp³-hybridized carbons (Fsp3) is 0.290. The Morgan fingerprint density at radius 1 is 1.07 bits per heavy atom. The molecule has 1 aromatic heterocycles. The number of fused-ring (bicyclic) bond motifs is 1. The number of nitro benzene ring substituents is 1. The van der Waals surface area contributed by atoms with E-state index in [0.717, 1.165) is 5.56 Å². The Labute approximate surface area is 259 Å². The Kier molecular flexibility index (Phi) is 8.19. The number of hydrogen-bond donors (Lipinski definition) is 1. The van der Waals surface area contributed by atoms with Crippen LogP contribution in [0.4, 0.5) is 10.5 Å². The summed E-state index contributed by atoms with van der Waals surface area (Å²) in [6.07, 6.45) is 0.331. The molecular formula is C31H31N5O8S. The molecule has 0 radical (unpaired) electrons. The molecule has 0 fully saturated rings. The van der Waals surface area contributed by atoms with Crippen molar-refractivity contribution in [2.75, 3.05) is 0 Å². The van der Waals surface area contributed by atoms with Gasteiger partial charge in [0.15, 0.2) is 0 Å². The third-order valence-electron chi connectivity index (χ3n) is 7.06. The average molecular weight is 634 g/mol. The molecule has 4 aromatic rings. The smallest absolute Gasteiger partial charge is 0.410 e. The normalized spacial score (nSPS) is 18.1. The monoisotopic (exact) mass is 633 g/mol. The molecule has 1 N–H and O–H groups in total. The van der Waals surface area contributed by atoms with Gasteiger partial charge in [0.25, 0.3) is 21.4 Å². The van der Waals surface area contributed by atoms with Crippen molar-refractivity contribution in [3.05, 3.63) is 106 Å². The number of benzene rings is 3. The van der Waals surface area contributed by atoms with Gasteiger partial charge in [-0.2, -0.15) is 10.2 Å². The minimum Gasteiger partial charge on any atom is -0.458 e. The van der Waals surface area contributed by atoms with Crippen LogP contribution >= 0.6 is 0 Å². The number of nitrogens with one attached hydrogen (secondary N) is 1. The Bertz CT molecular complexity index is 1910. The second-order valence-electron chi connectivity index (χ2n) is 11.6. The van der Waals surface area contributed by atoms with Gasteiger partial charge in [-0.15, -0.1) is 0 Å². The van der Waals surface area contributed by atoms with E-state index < -0.39 is 44.3 Å². The third-order valence-corrected chi connectivity index (χ3v) is 8.75. The number of hydrogen-bond acceptors (Lipinski definition) is 10. The number of non-ortho nitro benzene ring substituents is 1. The second-order valence-corrected chi connectivity index (χ2v) is 13.5. The van der Waals surface area contributed by atoms with E-state index in [4.69, 9.17) is 9.47 Å². The number of amides is 1. The number of azo groups is 1. The van der Waals surface area contributed by atoms with Gasteiger partial charge in [0, 0.05) is 35.7 Å². The largest absolute Gasteiger partial charge is 0.458 e. The average Bonchev–Trinajstić information content (AvgIpc) is 3.58. The van der Waals surface area contributed by atoms with Gasteiger partial charge in [0.2, 0.25) is 0 Å². The lowest BCUT2D eigenvalue weighted by atomic mass is 9.97. The van der Waals surface area contributed by atoms with E-state index in [1.165, 1.54) is 46.6 Å². The van der Waals surface area contributed by atoms with Crippen molar-refractivity contribution in [3.63, 3.8) is 0 Å². The first-order valence-electron chi connectivity index (χ1n) is 13.9. The summed E-state index contributed by atoms with van der Waals surface area (Å²) in [6.45, 7) is 6.58. The van der Waals surface area contributed by atoms with Crippen LogP contribution in [0.2, 0.25) is 0 Å². The van der Waals surface area contributed by atoms with Crippen molar-refractivity contribution in [1.29, 1.82) is 0 Å².